The van der Waals surface area contributed by atoms with Gasteiger partial charge in [0.05, 0.1) is 11.0 Å². The summed E-state index contributed by atoms with van der Waals surface area (Å²) in [7, 11) is 0. The molecular weight excluding hydrogens is 332 g/mol. The van der Waals surface area contributed by atoms with Crippen LogP contribution in [-0.2, 0) is 0 Å². The van der Waals surface area contributed by atoms with E-state index in [0.29, 0.717) is 17.0 Å². The highest BCUT2D eigenvalue weighted by molar-refractivity contribution is 9.09. The Balaban J connectivity index is 2.32. The van der Waals surface area contributed by atoms with Crippen LogP contribution in [0.3, 0.4) is 0 Å². The van der Waals surface area contributed by atoms with E-state index in [9.17, 15) is 9.59 Å². The summed E-state index contributed by atoms with van der Waals surface area (Å²) in [4.78, 5) is 28.1. The summed E-state index contributed by atoms with van der Waals surface area (Å²) in [6.45, 7) is 8.95. The topological polar surface area (TPSA) is 65.7 Å². The average Bonchev–Trinajstić information content (AvgIpc) is 2.38. The largest absolute Gasteiger partial charge is 0.316 e. The molecule has 1 heterocycles. The number of halogens is 1. The molecule has 2 atom stereocenters. The summed E-state index contributed by atoms with van der Waals surface area (Å²) in [5.41, 5.74) is 1.42. The zero-order chi connectivity index (χ0) is 15.8. The van der Waals surface area contributed by atoms with E-state index in [2.05, 4.69) is 53.6 Å². The third-order valence-corrected chi connectivity index (χ3v) is 5.05. The molecular formula is C16H21BrN2O2. The maximum absolute atomic E-state index is 11.4. The Bertz CT molecular complexity index is 755. The second-order valence-corrected chi connectivity index (χ2v) is 7.79. The molecule has 0 fully saturated rings. The molecule has 0 saturated carbocycles. The molecule has 2 rings (SSSR count). The Labute approximate surface area is 132 Å². The minimum Gasteiger partial charge on any atom is -0.316 e. The van der Waals surface area contributed by atoms with Crippen LogP contribution in [0.4, 0.5) is 0 Å². The highest BCUT2D eigenvalue weighted by Gasteiger charge is 2.23. The zero-order valence-corrected chi connectivity index (χ0v) is 14.4. The van der Waals surface area contributed by atoms with Crippen LogP contribution < -0.4 is 11.1 Å². The number of aromatic amines is 2. The van der Waals surface area contributed by atoms with Gasteiger partial charge in [-0.1, -0.05) is 49.7 Å². The predicted molar refractivity (Wildman–Crippen MR) is 90.1 cm³/mol. The van der Waals surface area contributed by atoms with Gasteiger partial charge in [0.15, 0.2) is 0 Å². The molecule has 0 radical (unpaired) electrons. The van der Waals surface area contributed by atoms with Crippen molar-refractivity contribution in [3.05, 3.63) is 44.5 Å². The van der Waals surface area contributed by atoms with Gasteiger partial charge in [0, 0.05) is 4.83 Å². The van der Waals surface area contributed by atoms with Crippen molar-refractivity contribution in [2.24, 2.45) is 11.3 Å². The lowest BCUT2D eigenvalue weighted by Gasteiger charge is -2.29. The van der Waals surface area contributed by atoms with Crippen LogP contribution in [0.1, 0.15) is 44.5 Å². The van der Waals surface area contributed by atoms with Gasteiger partial charge in [-0.25, -0.2) is 0 Å². The summed E-state index contributed by atoms with van der Waals surface area (Å²) in [5, 5.41) is 0. The number of rotatable bonds is 3. The van der Waals surface area contributed by atoms with E-state index >= 15 is 0 Å². The van der Waals surface area contributed by atoms with Crippen LogP contribution in [0.25, 0.3) is 11.0 Å². The number of alkyl halides is 1. The van der Waals surface area contributed by atoms with Crippen LogP contribution in [0.5, 0.6) is 0 Å². The van der Waals surface area contributed by atoms with Gasteiger partial charge in [-0.2, -0.15) is 0 Å². The molecule has 114 valence electrons. The van der Waals surface area contributed by atoms with E-state index in [4.69, 9.17) is 0 Å². The molecule has 4 nitrogen and oxygen atoms in total. The van der Waals surface area contributed by atoms with E-state index < -0.39 is 11.1 Å². The molecule has 0 aliphatic carbocycles. The van der Waals surface area contributed by atoms with Crippen LogP contribution in [0.2, 0.25) is 0 Å². The van der Waals surface area contributed by atoms with Crippen LogP contribution in [-0.4, -0.2) is 9.97 Å². The highest BCUT2D eigenvalue weighted by Crippen LogP contribution is 2.37. The van der Waals surface area contributed by atoms with E-state index in [1.54, 1.807) is 0 Å². The van der Waals surface area contributed by atoms with E-state index in [-0.39, 0.29) is 10.2 Å². The van der Waals surface area contributed by atoms with E-state index in [1.165, 1.54) is 0 Å². The Hall–Kier alpha value is -1.36. The van der Waals surface area contributed by atoms with Crippen LogP contribution >= 0.6 is 15.9 Å². The van der Waals surface area contributed by atoms with E-state index in [0.717, 1.165) is 12.0 Å². The second-order valence-electron chi connectivity index (χ2n) is 6.68. The number of hydrogen-bond acceptors (Lipinski definition) is 2. The standard InChI is InChI=1S/C16H21BrN2O2/c1-9(16(2,3)4)7-11(17)10-5-6-12-13(8-10)19-15(21)14(20)18-12/h5-6,8-9,11H,7H2,1-4H3,(H,18,20)(H,19,21). The Kier molecular flexibility index (Phi) is 4.42. The smallest absolute Gasteiger partial charge is 0.314 e. The van der Waals surface area contributed by atoms with Gasteiger partial charge in [-0.15, -0.1) is 0 Å². The monoisotopic (exact) mass is 352 g/mol. The summed E-state index contributed by atoms with van der Waals surface area (Å²) >= 11 is 3.73. The first-order valence-corrected chi connectivity index (χ1v) is 8.00. The van der Waals surface area contributed by atoms with Crippen LogP contribution in [0.15, 0.2) is 27.8 Å². The minimum absolute atomic E-state index is 0.214. The molecule has 2 unspecified atom stereocenters. The molecule has 0 aliphatic rings. The Morgan fingerprint density at radius 1 is 1.10 bits per heavy atom. The third kappa shape index (κ3) is 3.64. The fourth-order valence-electron chi connectivity index (χ4n) is 2.13. The number of H-pyrrole nitrogens is 2. The van der Waals surface area contributed by atoms with Crippen molar-refractivity contribution in [3.8, 4) is 0 Å². The van der Waals surface area contributed by atoms with Gasteiger partial charge in [0.1, 0.15) is 0 Å². The number of benzene rings is 1. The van der Waals surface area contributed by atoms with Gasteiger partial charge < -0.3 is 9.97 Å². The summed E-state index contributed by atoms with van der Waals surface area (Å²) in [6, 6.07) is 5.73. The molecule has 0 bridgehead atoms. The molecule has 1 aromatic carbocycles. The Morgan fingerprint density at radius 2 is 1.67 bits per heavy atom. The molecule has 2 aromatic rings. The maximum atomic E-state index is 11.4. The fourth-order valence-corrected chi connectivity index (χ4v) is 2.97. The summed E-state index contributed by atoms with van der Waals surface area (Å²) in [5.74, 6) is 0.548. The third-order valence-electron chi connectivity index (χ3n) is 4.15. The van der Waals surface area contributed by atoms with Crippen molar-refractivity contribution in [3.63, 3.8) is 0 Å². The number of hydrogen-bond donors (Lipinski definition) is 2. The number of aromatic nitrogens is 2. The Morgan fingerprint density at radius 3 is 2.24 bits per heavy atom. The van der Waals surface area contributed by atoms with Gasteiger partial charge in [0.25, 0.3) is 0 Å². The quantitative estimate of drug-likeness (QED) is 0.652. The first kappa shape index (κ1) is 16.0. The predicted octanol–water partition coefficient (Wildman–Crippen LogP) is 3.72. The average molecular weight is 353 g/mol. The molecule has 21 heavy (non-hydrogen) atoms. The molecule has 5 heteroatoms. The normalized spacial score (nSPS) is 15.1. The lowest BCUT2D eigenvalue weighted by atomic mass is 9.79. The SMILES string of the molecule is CC(CC(Br)c1ccc2[nH]c(=O)c(=O)[nH]c2c1)C(C)(C)C. The van der Waals surface area contributed by atoms with Gasteiger partial charge in [-0.3, -0.25) is 9.59 Å². The first-order valence-electron chi connectivity index (χ1n) is 7.09. The molecule has 0 amide bonds. The lowest BCUT2D eigenvalue weighted by molar-refractivity contribution is 0.246. The van der Waals surface area contributed by atoms with Gasteiger partial charge in [0.2, 0.25) is 0 Å². The second kappa shape index (κ2) is 5.79. The van der Waals surface area contributed by atoms with Gasteiger partial charge in [-0.05, 0) is 35.4 Å². The maximum Gasteiger partial charge on any atom is 0.314 e. The van der Waals surface area contributed by atoms with Crippen molar-refractivity contribution >= 4 is 27.0 Å². The fraction of sp³-hybridized carbons (Fsp3) is 0.500. The zero-order valence-electron chi connectivity index (χ0n) is 12.8. The number of nitrogens with one attached hydrogen (secondary N) is 2. The number of fused-ring (bicyclic) bond motifs is 1. The van der Waals surface area contributed by atoms with Crippen molar-refractivity contribution in [1.82, 2.24) is 9.97 Å². The van der Waals surface area contributed by atoms with Crippen molar-refractivity contribution in [2.75, 3.05) is 0 Å². The van der Waals surface area contributed by atoms with Crippen molar-refractivity contribution < 1.29 is 0 Å². The molecule has 0 saturated heterocycles. The van der Waals surface area contributed by atoms with Crippen molar-refractivity contribution in [1.29, 1.82) is 0 Å². The lowest BCUT2D eigenvalue weighted by Crippen LogP contribution is -2.28. The highest BCUT2D eigenvalue weighted by atomic mass is 79.9. The molecule has 2 N–H and O–H groups in total. The van der Waals surface area contributed by atoms with Crippen LogP contribution in [0, 0.1) is 11.3 Å². The summed E-state index contributed by atoms with van der Waals surface area (Å²) in [6.07, 6.45) is 1.00. The molecule has 0 aliphatic heterocycles. The van der Waals surface area contributed by atoms with Crippen molar-refractivity contribution in [2.45, 2.75) is 38.9 Å². The van der Waals surface area contributed by atoms with E-state index in [1.807, 2.05) is 18.2 Å². The van der Waals surface area contributed by atoms with Gasteiger partial charge >= 0.3 is 11.1 Å². The summed E-state index contributed by atoms with van der Waals surface area (Å²) < 4.78 is 0. The first-order chi connectivity index (χ1) is 9.68. The minimum atomic E-state index is -0.619. The molecule has 0 spiro atoms. The molecule has 1 aromatic heterocycles.